The maximum atomic E-state index is 11.6. The molecule has 178 valence electrons. The Balaban J connectivity index is 1.53. The number of aliphatic hydroxyl groups excluding tert-OH is 4. The predicted octanol–water partition coefficient (Wildman–Crippen LogP) is 0.244. The Morgan fingerprint density at radius 3 is 2.45 bits per heavy atom. The summed E-state index contributed by atoms with van der Waals surface area (Å²) in [5.74, 6) is -2.22. The summed E-state index contributed by atoms with van der Waals surface area (Å²) in [5, 5.41) is 51.3. The lowest BCUT2D eigenvalue weighted by molar-refractivity contribution is -0.357. The smallest absolute Gasteiger partial charge is 0.347 e. The van der Waals surface area contributed by atoms with Crippen LogP contribution in [-0.2, 0) is 26.5 Å². The third kappa shape index (κ3) is 4.71. The second-order valence-corrected chi connectivity index (χ2v) is 8.56. The zero-order valence-electron chi connectivity index (χ0n) is 17.5. The molecule has 0 bridgehead atoms. The van der Waals surface area contributed by atoms with Crippen molar-refractivity contribution in [3.63, 3.8) is 0 Å². The molecule has 2 heterocycles. The summed E-state index contributed by atoms with van der Waals surface area (Å²) in [5.41, 5.74) is 1.57. The van der Waals surface area contributed by atoms with Crippen LogP contribution in [0, 0.1) is 0 Å². The molecule has 10 heteroatoms. The number of carbonyl (C=O) groups excluding carboxylic acids is 1. The third-order valence-corrected chi connectivity index (χ3v) is 6.28. The van der Waals surface area contributed by atoms with Gasteiger partial charge in [0.1, 0.15) is 30.2 Å². The number of hydrogen-bond donors (Lipinski definition) is 5. The molecular weight excluding hydrogens is 456 g/mol. The lowest BCUT2D eigenvalue weighted by atomic mass is 9.87. The van der Waals surface area contributed by atoms with E-state index in [-0.39, 0.29) is 11.5 Å². The van der Waals surface area contributed by atoms with Crippen LogP contribution in [0.1, 0.15) is 23.1 Å². The number of esters is 1. The summed E-state index contributed by atoms with van der Waals surface area (Å²) in [4.78, 5) is 11.6. The van der Waals surface area contributed by atoms with E-state index < -0.39 is 42.9 Å². The molecule has 0 saturated carbocycles. The van der Waals surface area contributed by atoms with Crippen molar-refractivity contribution >= 4 is 17.6 Å². The normalized spacial score (nSPS) is 31.9. The molecule has 0 aromatic heterocycles. The first kappa shape index (κ1) is 23.9. The number of halogens is 1. The highest BCUT2D eigenvalue weighted by Crippen LogP contribution is 2.38. The molecule has 0 aliphatic carbocycles. The highest BCUT2D eigenvalue weighted by molar-refractivity contribution is 6.31. The van der Waals surface area contributed by atoms with Gasteiger partial charge in [-0.15, -0.1) is 0 Å². The molecule has 2 fully saturated rings. The number of carbonyl (C=O) groups is 1. The van der Waals surface area contributed by atoms with E-state index in [1.165, 1.54) is 18.2 Å². The summed E-state index contributed by atoms with van der Waals surface area (Å²) in [7, 11) is 0. The SMILES string of the molecule is O=C1OCCC1Oc1ccc(Cc2cc(C3(O)O[C@H](CO)[C@@H](O)[C@H](O)[C@H]3O)ccc2Cl)cc1. The van der Waals surface area contributed by atoms with Crippen LogP contribution < -0.4 is 4.74 Å². The van der Waals surface area contributed by atoms with Crippen LogP contribution in [0.3, 0.4) is 0 Å². The van der Waals surface area contributed by atoms with E-state index in [1.54, 1.807) is 24.3 Å². The molecule has 2 unspecified atom stereocenters. The monoisotopic (exact) mass is 480 g/mol. The minimum absolute atomic E-state index is 0.110. The van der Waals surface area contributed by atoms with Crippen LogP contribution in [0.4, 0.5) is 0 Å². The molecule has 5 N–H and O–H groups in total. The van der Waals surface area contributed by atoms with Gasteiger partial charge in [-0.3, -0.25) is 0 Å². The molecule has 33 heavy (non-hydrogen) atoms. The Kier molecular flexibility index (Phi) is 6.92. The molecule has 2 saturated heterocycles. The highest BCUT2D eigenvalue weighted by Gasteiger charge is 2.53. The van der Waals surface area contributed by atoms with Gasteiger partial charge in [0, 0.05) is 17.0 Å². The van der Waals surface area contributed by atoms with Gasteiger partial charge in [-0.1, -0.05) is 29.8 Å². The van der Waals surface area contributed by atoms with Crippen molar-refractivity contribution in [2.24, 2.45) is 0 Å². The standard InChI is InChI=1S/C23H25ClO9/c24-16-6-3-14(23(30)21(28)20(27)19(26)18(11-25)33-23)10-13(16)9-12-1-4-15(5-2-12)32-17-7-8-31-22(17)29/h1-6,10,17-21,25-28,30H,7-9,11H2/t17?,18-,19-,20+,21-,23?/m1/s1. The van der Waals surface area contributed by atoms with E-state index in [0.29, 0.717) is 35.8 Å². The fourth-order valence-corrected chi connectivity index (χ4v) is 4.16. The number of hydrogen-bond acceptors (Lipinski definition) is 9. The van der Waals surface area contributed by atoms with Gasteiger partial charge in [0.2, 0.25) is 5.79 Å². The van der Waals surface area contributed by atoms with Gasteiger partial charge in [-0.25, -0.2) is 4.79 Å². The molecular formula is C23H25ClO9. The molecule has 2 aliphatic heterocycles. The molecule has 4 rings (SSSR count). The van der Waals surface area contributed by atoms with E-state index in [9.17, 15) is 30.3 Å². The lowest BCUT2D eigenvalue weighted by Gasteiger charge is -2.45. The molecule has 2 aliphatic rings. The van der Waals surface area contributed by atoms with E-state index >= 15 is 0 Å². The highest BCUT2D eigenvalue weighted by atomic mass is 35.5. The molecule has 0 spiro atoms. The lowest BCUT2D eigenvalue weighted by Crippen LogP contribution is -2.63. The van der Waals surface area contributed by atoms with E-state index in [2.05, 4.69) is 0 Å². The molecule has 0 amide bonds. The number of aliphatic hydroxyl groups is 5. The number of rotatable bonds is 6. The van der Waals surface area contributed by atoms with Gasteiger partial charge >= 0.3 is 5.97 Å². The second kappa shape index (κ2) is 9.55. The van der Waals surface area contributed by atoms with Gasteiger partial charge in [0.05, 0.1) is 13.2 Å². The van der Waals surface area contributed by atoms with Crippen molar-refractivity contribution in [1.82, 2.24) is 0 Å². The van der Waals surface area contributed by atoms with Crippen molar-refractivity contribution in [2.75, 3.05) is 13.2 Å². The van der Waals surface area contributed by atoms with Crippen molar-refractivity contribution in [1.29, 1.82) is 0 Å². The van der Waals surface area contributed by atoms with Gasteiger partial charge in [0.15, 0.2) is 6.10 Å². The number of ether oxygens (including phenoxy) is 3. The topological polar surface area (TPSA) is 146 Å². The van der Waals surface area contributed by atoms with Crippen LogP contribution in [0.25, 0.3) is 0 Å². The van der Waals surface area contributed by atoms with E-state index in [4.69, 9.17) is 25.8 Å². The molecule has 2 aromatic carbocycles. The molecule has 0 radical (unpaired) electrons. The minimum atomic E-state index is -2.36. The van der Waals surface area contributed by atoms with Gasteiger partial charge in [-0.05, 0) is 41.8 Å². The first-order valence-corrected chi connectivity index (χ1v) is 10.9. The number of cyclic esters (lactones) is 1. The maximum Gasteiger partial charge on any atom is 0.347 e. The van der Waals surface area contributed by atoms with Gasteiger partial charge < -0.3 is 39.7 Å². The Morgan fingerprint density at radius 2 is 1.82 bits per heavy atom. The Hall–Kier alpha value is -2.24. The first-order valence-electron chi connectivity index (χ1n) is 10.5. The second-order valence-electron chi connectivity index (χ2n) is 8.15. The summed E-state index contributed by atoms with van der Waals surface area (Å²) < 4.78 is 15.9. The van der Waals surface area contributed by atoms with E-state index in [0.717, 1.165) is 5.56 Å². The summed E-state index contributed by atoms with van der Waals surface area (Å²) in [6, 6.07) is 11.6. The molecule has 6 atom stereocenters. The summed E-state index contributed by atoms with van der Waals surface area (Å²) >= 11 is 6.34. The molecule has 2 aromatic rings. The van der Waals surface area contributed by atoms with Crippen molar-refractivity contribution in [3.8, 4) is 5.75 Å². The van der Waals surface area contributed by atoms with Crippen LogP contribution >= 0.6 is 11.6 Å². The molecule has 9 nitrogen and oxygen atoms in total. The fourth-order valence-electron chi connectivity index (χ4n) is 3.98. The maximum absolute atomic E-state index is 11.6. The Morgan fingerprint density at radius 1 is 1.09 bits per heavy atom. The first-order chi connectivity index (χ1) is 15.7. The minimum Gasteiger partial charge on any atom is -0.479 e. The van der Waals surface area contributed by atoms with Crippen LogP contribution in [0.2, 0.25) is 5.02 Å². The summed E-state index contributed by atoms with van der Waals surface area (Å²) in [6.07, 6.45) is -6.20. The van der Waals surface area contributed by atoms with Crippen molar-refractivity contribution in [3.05, 3.63) is 64.2 Å². The van der Waals surface area contributed by atoms with Crippen molar-refractivity contribution < 1.29 is 44.5 Å². The fraction of sp³-hybridized carbons (Fsp3) is 0.435. The largest absolute Gasteiger partial charge is 0.479 e. The van der Waals surface area contributed by atoms with Gasteiger partial charge in [-0.2, -0.15) is 0 Å². The van der Waals surface area contributed by atoms with Crippen LogP contribution in [-0.4, -0.2) is 75.2 Å². The average Bonchev–Trinajstić information content (AvgIpc) is 3.21. The third-order valence-electron chi connectivity index (χ3n) is 5.91. The van der Waals surface area contributed by atoms with E-state index in [1.807, 2.05) is 0 Å². The Labute approximate surface area is 194 Å². The number of benzene rings is 2. The summed E-state index contributed by atoms with van der Waals surface area (Å²) in [6.45, 7) is -0.322. The zero-order valence-corrected chi connectivity index (χ0v) is 18.3. The predicted molar refractivity (Wildman–Crippen MR) is 115 cm³/mol. The quantitative estimate of drug-likeness (QED) is 0.367. The zero-order chi connectivity index (χ0) is 23.8. The van der Waals surface area contributed by atoms with Crippen molar-refractivity contribution in [2.45, 2.75) is 49.1 Å². The van der Waals surface area contributed by atoms with Crippen LogP contribution in [0.5, 0.6) is 5.75 Å². The Bertz CT molecular complexity index is 996. The van der Waals surface area contributed by atoms with Crippen LogP contribution in [0.15, 0.2) is 42.5 Å². The van der Waals surface area contributed by atoms with Gasteiger partial charge in [0.25, 0.3) is 0 Å². The average molecular weight is 481 g/mol.